The number of anilines is 1. The van der Waals surface area contributed by atoms with Crippen LogP contribution in [0, 0.1) is 6.92 Å². The lowest BCUT2D eigenvalue weighted by Gasteiger charge is -2.08. The highest BCUT2D eigenvalue weighted by Crippen LogP contribution is 2.20. The lowest BCUT2D eigenvalue weighted by Crippen LogP contribution is -2.12. The predicted octanol–water partition coefficient (Wildman–Crippen LogP) is 4.97. The number of aryl methyl sites for hydroxylation is 1. The Hall–Kier alpha value is -3.06. The van der Waals surface area contributed by atoms with E-state index in [0.717, 1.165) is 10.0 Å². The average molecular weight is 444 g/mol. The number of furan rings is 1. The van der Waals surface area contributed by atoms with Crippen LogP contribution >= 0.6 is 15.9 Å². The van der Waals surface area contributed by atoms with Crippen LogP contribution < -0.4 is 10.1 Å². The minimum Gasteiger partial charge on any atom is -0.486 e. The van der Waals surface area contributed by atoms with Crippen LogP contribution in [-0.2, 0) is 11.3 Å². The van der Waals surface area contributed by atoms with Gasteiger partial charge in [-0.15, -0.1) is 0 Å². The van der Waals surface area contributed by atoms with Gasteiger partial charge in [-0.2, -0.15) is 0 Å². The lowest BCUT2D eigenvalue weighted by molar-refractivity contribution is 0.0600. The normalized spacial score (nSPS) is 10.4. The standard InChI is InChI=1S/C21H18BrNO5/c1-13-11-14(21(25)26-2)3-9-18(13)23-20(24)19-10-8-17(28-19)12-27-16-6-4-15(22)5-7-16/h3-11H,12H2,1-2H3,(H,23,24). The number of ether oxygens (including phenoxy) is 2. The summed E-state index contributed by atoms with van der Waals surface area (Å²) < 4.78 is 16.8. The summed E-state index contributed by atoms with van der Waals surface area (Å²) in [7, 11) is 1.32. The zero-order chi connectivity index (χ0) is 20.1. The maximum atomic E-state index is 12.4. The Kier molecular flexibility index (Phi) is 6.16. The quantitative estimate of drug-likeness (QED) is 0.544. The molecule has 1 amide bonds. The van der Waals surface area contributed by atoms with Gasteiger partial charge in [-0.25, -0.2) is 4.79 Å². The van der Waals surface area contributed by atoms with Crippen LogP contribution in [0.2, 0.25) is 0 Å². The number of hydrogen-bond acceptors (Lipinski definition) is 5. The molecular formula is C21H18BrNO5. The van der Waals surface area contributed by atoms with E-state index in [1.807, 2.05) is 24.3 Å². The van der Waals surface area contributed by atoms with Gasteiger partial charge in [0.05, 0.1) is 12.7 Å². The van der Waals surface area contributed by atoms with Crippen LogP contribution in [0.4, 0.5) is 5.69 Å². The molecule has 0 aliphatic rings. The number of carbonyl (C=O) groups is 2. The zero-order valence-electron chi connectivity index (χ0n) is 15.3. The minimum atomic E-state index is -0.428. The van der Waals surface area contributed by atoms with Crippen molar-refractivity contribution in [2.24, 2.45) is 0 Å². The number of esters is 1. The van der Waals surface area contributed by atoms with E-state index in [9.17, 15) is 9.59 Å². The molecule has 0 unspecified atom stereocenters. The molecular weight excluding hydrogens is 426 g/mol. The predicted molar refractivity (Wildman–Crippen MR) is 108 cm³/mol. The maximum absolute atomic E-state index is 12.4. The van der Waals surface area contributed by atoms with Crippen molar-refractivity contribution in [3.05, 3.63) is 81.7 Å². The number of nitrogens with one attached hydrogen (secondary N) is 1. The van der Waals surface area contributed by atoms with Crippen molar-refractivity contribution in [1.82, 2.24) is 0 Å². The summed E-state index contributed by atoms with van der Waals surface area (Å²) in [6, 6.07) is 15.6. The topological polar surface area (TPSA) is 77.8 Å². The molecule has 28 heavy (non-hydrogen) atoms. The van der Waals surface area contributed by atoms with E-state index in [1.54, 1.807) is 37.3 Å². The van der Waals surface area contributed by atoms with Crippen molar-refractivity contribution in [1.29, 1.82) is 0 Å². The first-order valence-electron chi connectivity index (χ1n) is 8.43. The molecule has 0 fully saturated rings. The molecule has 0 atom stereocenters. The van der Waals surface area contributed by atoms with Gasteiger partial charge in [-0.1, -0.05) is 15.9 Å². The second-order valence-electron chi connectivity index (χ2n) is 5.98. The molecule has 2 aromatic carbocycles. The van der Waals surface area contributed by atoms with Crippen molar-refractivity contribution in [2.45, 2.75) is 13.5 Å². The molecule has 1 heterocycles. The van der Waals surface area contributed by atoms with Gasteiger partial charge in [-0.3, -0.25) is 4.79 Å². The molecule has 1 aromatic heterocycles. The van der Waals surface area contributed by atoms with Crippen molar-refractivity contribution in [3.63, 3.8) is 0 Å². The number of halogens is 1. The fourth-order valence-electron chi connectivity index (χ4n) is 2.50. The first-order valence-corrected chi connectivity index (χ1v) is 9.23. The van der Waals surface area contributed by atoms with Gasteiger partial charge in [-0.05, 0) is 67.1 Å². The highest BCUT2D eigenvalue weighted by Gasteiger charge is 2.14. The first-order chi connectivity index (χ1) is 13.5. The van der Waals surface area contributed by atoms with Crippen LogP contribution in [0.3, 0.4) is 0 Å². The van der Waals surface area contributed by atoms with Gasteiger partial charge in [0.25, 0.3) is 5.91 Å². The van der Waals surface area contributed by atoms with Gasteiger partial charge >= 0.3 is 5.97 Å². The number of hydrogen-bond donors (Lipinski definition) is 1. The zero-order valence-corrected chi connectivity index (χ0v) is 16.9. The van der Waals surface area contributed by atoms with Crippen LogP contribution in [0.25, 0.3) is 0 Å². The summed E-state index contributed by atoms with van der Waals surface area (Å²) >= 11 is 3.37. The second-order valence-corrected chi connectivity index (χ2v) is 6.90. The smallest absolute Gasteiger partial charge is 0.337 e. The first kappa shape index (κ1) is 19.7. The third-order valence-corrected chi connectivity index (χ3v) is 4.50. The van der Waals surface area contributed by atoms with E-state index in [0.29, 0.717) is 22.8 Å². The Morgan fingerprint density at radius 2 is 1.82 bits per heavy atom. The summed E-state index contributed by atoms with van der Waals surface area (Å²) in [5, 5.41) is 2.77. The maximum Gasteiger partial charge on any atom is 0.337 e. The largest absolute Gasteiger partial charge is 0.486 e. The molecule has 0 aliphatic heterocycles. The summed E-state index contributed by atoms with van der Waals surface area (Å²) in [6.07, 6.45) is 0. The molecule has 7 heteroatoms. The fourth-order valence-corrected chi connectivity index (χ4v) is 2.76. The van der Waals surface area contributed by atoms with Crippen molar-refractivity contribution in [3.8, 4) is 5.75 Å². The number of amides is 1. The Balaban J connectivity index is 1.62. The van der Waals surface area contributed by atoms with Gasteiger partial charge in [0, 0.05) is 10.2 Å². The molecule has 0 radical (unpaired) electrons. The van der Waals surface area contributed by atoms with Crippen LogP contribution in [0.5, 0.6) is 5.75 Å². The van der Waals surface area contributed by atoms with Gasteiger partial charge in [0.2, 0.25) is 0 Å². The highest BCUT2D eigenvalue weighted by molar-refractivity contribution is 9.10. The molecule has 144 valence electrons. The summed E-state index contributed by atoms with van der Waals surface area (Å²) in [5.74, 6) is 0.592. The molecule has 3 rings (SSSR count). The van der Waals surface area contributed by atoms with Gasteiger partial charge < -0.3 is 19.2 Å². The molecule has 0 saturated carbocycles. The SMILES string of the molecule is COC(=O)c1ccc(NC(=O)c2ccc(COc3ccc(Br)cc3)o2)c(C)c1. The monoisotopic (exact) mass is 443 g/mol. The van der Waals surface area contributed by atoms with Crippen LogP contribution in [0.15, 0.2) is 63.5 Å². The number of benzene rings is 2. The molecule has 0 saturated heterocycles. The molecule has 3 aromatic rings. The summed E-state index contributed by atoms with van der Waals surface area (Å²) in [5.41, 5.74) is 1.74. The van der Waals surface area contributed by atoms with Crippen LogP contribution in [-0.4, -0.2) is 19.0 Å². The van der Waals surface area contributed by atoms with Gasteiger partial charge in [0.15, 0.2) is 5.76 Å². The Labute approximate surface area is 170 Å². The Morgan fingerprint density at radius 3 is 2.50 bits per heavy atom. The second kappa shape index (κ2) is 8.75. The molecule has 1 N–H and O–H groups in total. The van der Waals surface area contributed by atoms with Crippen molar-refractivity contribution >= 4 is 33.5 Å². The number of methoxy groups -OCH3 is 1. The average Bonchev–Trinajstić information content (AvgIpc) is 3.17. The molecule has 0 aliphatic carbocycles. The van der Waals surface area contributed by atoms with Crippen molar-refractivity contribution < 1.29 is 23.5 Å². The number of rotatable bonds is 6. The number of carbonyl (C=O) groups excluding carboxylic acids is 2. The minimum absolute atomic E-state index is 0.172. The molecule has 6 nitrogen and oxygen atoms in total. The summed E-state index contributed by atoms with van der Waals surface area (Å²) in [4.78, 5) is 24.0. The lowest BCUT2D eigenvalue weighted by atomic mass is 10.1. The van der Waals surface area contributed by atoms with Gasteiger partial charge in [0.1, 0.15) is 18.1 Å². The van der Waals surface area contributed by atoms with Crippen LogP contribution in [0.1, 0.15) is 32.2 Å². The Bertz CT molecular complexity index is 994. The van der Waals surface area contributed by atoms with E-state index >= 15 is 0 Å². The van der Waals surface area contributed by atoms with E-state index < -0.39 is 5.97 Å². The third-order valence-electron chi connectivity index (χ3n) is 3.98. The van der Waals surface area contributed by atoms with Crippen molar-refractivity contribution in [2.75, 3.05) is 12.4 Å². The fraction of sp³-hybridized carbons (Fsp3) is 0.143. The molecule has 0 spiro atoms. The Morgan fingerprint density at radius 1 is 1.07 bits per heavy atom. The highest BCUT2D eigenvalue weighted by atomic mass is 79.9. The third kappa shape index (κ3) is 4.80. The van der Waals surface area contributed by atoms with E-state index in [-0.39, 0.29) is 18.3 Å². The molecule has 0 bridgehead atoms. The van der Waals surface area contributed by atoms with E-state index in [4.69, 9.17) is 9.15 Å². The van der Waals surface area contributed by atoms with E-state index in [2.05, 4.69) is 26.0 Å². The summed E-state index contributed by atoms with van der Waals surface area (Å²) in [6.45, 7) is 2.00. The van der Waals surface area contributed by atoms with E-state index in [1.165, 1.54) is 7.11 Å².